The van der Waals surface area contributed by atoms with Crippen LogP contribution in [0.5, 0.6) is 34.5 Å². The summed E-state index contributed by atoms with van der Waals surface area (Å²) in [5, 5.41) is 80.1. The van der Waals surface area contributed by atoms with Gasteiger partial charge in [0.1, 0.15) is 26.4 Å². The number of hydrogen-bond acceptors (Lipinski definition) is 19. The molecular formula is C45H54N4O19. The lowest BCUT2D eigenvalue weighted by Gasteiger charge is -2.25. The van der Waals surface area contributed by atoms with Gasteiger partial charge in [-0.15, -0.1) is 0 Å². The van der Waals surface area contributed by atoms with E-state index in [0.29, 0.717) is 6.42 Å². The highest BCUT2D eigenvalue weighted by molar-refractivity contribution is 6.01. The molecule has 23 heteroatoms. The largest absolute Gasteiger partial charge is 0.504 e. The van der Waals surface area contributed by atoms with Gasteiger partial charge in [0, 0.05) is 0 Å². The van der Waals surface area contributed by atoms with Crippen LogP contribution in [0.4, 0.5) is 0 Å². The second-order valence-corrected chi connectivity index (χ2v) is 15.5. The number of phenolic OH excluding ortho intramolecular Hbond substituents is 6. The van der Waals surface area contributed by atoms with Crippen molar-refractivity contribution in [2.24, 2.45) is 0 Å². The van der Waals surface area contributed by atoms with Gasteiger partial charge in [0.2, 0.25) is 5.91 Å². The number of carbonyl (C=O) groups excluding carboxylic acids is 8. The minimum Gasteiger partial charge on any atom is -0.504 e. The van der Waals surface area contributed by atoms with Crippen LogP contribution in [-0.4, -0.2) is 140 Å². The van der Waals surface area contributed by atoms with Crippen molar-refractivity contribution in [3.63, 3.8) is 0 Å². The quantitative estimate of drug-likeness (QED) is 0.0391. The van der Waals surface area contributed by atoms with Gasteiger partial charge in [-0.25, -0.2) is 19.2 Å². The molecule has 5 atom stereocenters. The first-order valence-corrected chi connectivity index (χ1v) is 21.5. The zero-order valence-electron chi connectivity index (χ0n) is 36.8. The SMILES string of the molecule is CCCCCCCCCC(O)CC(=O)NC1COC(=O)C(NC(=O)c2cccc(O)c2O)COC(=O)C(NC(=O)c2cccc(O)c2O)COC(=O)C(NC(=O)c2cccc(O)c2O)COC1=O. The van der Waals surface area contributed by atoms with Crippen LogP contribution in [0.1, 0.15) is 95.8 Å². The Hall–Kier alpha value is -7.82. The van der Waals surface area contributed by atoms with Crippen LogP contribution in [0, 0.1) is 0 Å². The van der Waals surface area contributed by atoms with Crippen molar-refractivity contribution >= 4 is 47.5 Å². The van der Waals surface area contributed by atoms with Gasteiger partial charge in [0.15, 0.2) is 58.7 Å². The van der Waals surface area contributed by atoms with E-state index >= 15 is 0 Å². The Balaban J connectivity index is 1.65. The summed E-state index contributed by atoms with van der Waals surface area (Å²) in [4.78, 5) is 108. The summed E-state index contributed by atoms with van der Waals surface area (Å²) in [6, 6.07) is 1.83. The summed E-state index contributed by atoms with van der Waals surface area (Å²) in [6.07, 6.45) is 5.18. The van der Waals surface area contributed by atoms with Gasteiger partial charge < -0.3 is 76.0 Å². The minimum atomic E-state index is -2.04. The van der Waals surface area contributed by atoms with Crippen LogP contribution in [0.2, 0.25) is 0 Å². The van der Waals surface area contributed by atoms with Crippen LogP contribution < -0.4 is 21.3 Å². The predicted molar refractivity (Wildman–Crippen MR) is 232 cm³/mol. The standard InChI is InChI=1S/C45H54N4O19/c1-2-3-4-5-6-7-8-12-24(50)19-35(54)46-28-20-65-43(62)30(48-40(59)26-14-10-17-33(52)37(26)56)22-67-45(64)31(49-41(60)27-15-11-18-34(53)38(27)57)23-68-44(63)29(21-66-42(28)61)47-39(58)25-13-9-16-32(51)36(25)55/h9-11,13-18,24,28-31,50-53,55-57H,2-8,12,19-23H2,1H3,(H,46,54)(H,47,58)(H,48,59)(H,49,60). The fraction of sp³-hybridized carbons (Fsp3) is 0.422. The molecule has 11 N–H and O–H groups in total. The van der Waals surface area contributed by atoms with Crippen molar-refractivity contribution in [2.45, 2.75) is 95.0 Å². The molecule has 4 rings (SSSR count). The molecule has 1 saturated heterocycles. The molecule has 0 bridgehead atoms. The molecule has 68 heavy (non-hydrogen) atoms. The lowest BCUT2D eigenvalue weighted by molar-refractivity contribution is -0.161. The van der Waals surface area contributed by atoms with Crippen LogP contribution in [-0.2, 0) is 42.9 Å². The van der Waals surface area contributed by atoms with E-state index in [9.17, 15) is 74.1 Å². The first kappa shape index (κ1) is 52.8. The van der Waals surface area contributed by atoms with Crippen LogP contribution >= 0.6 is 0 Å². The fourth-order valence-electron chi connectivity index (χ4n) is 6.50. The van der Waals surface area contributed by atoms with Crippen LogP contribution in [0.3, 0.4) is 0 Å². The molecule has 5 unspecified atom stereocenters. The molecule has 4 amide bonds. The molecule has 1 aliphatic heterocycles. The monoisotopic (exact) mass is 954 g/mol. The summed E-state index contributed by atoms with van der Waals surface area (Å²) < 4.78 is 21.1. The van der Waals surface area contributed by atoms with E-state index in [-0.39, 0.29) is 6.42 Å². The van der Waals surface area contributed by atoms with Crippen molar-refractivity contribution in [2.75, 3.05) is 26.4 Å². The number of unbranched alkanes of at least 4 members (excludes halogenated alkanes) is 6. The van der Waals surface area contributed by atoms with Crippen molar-refractivity contribution in [3.8, 4) is 34.5 Å². The fourth-order valence-corrected chi connectivity index (χ4v) is 6.50. The van der Waals surface area contributed by atoms with Crippen molar-refractivity contribution < 1.29 is 93.0 Å². The molecule has 3 aromatic rings. The molecule has 0 aliphatic carbocycles. The average Bonchev–Trinajstić information content (AvgIpc) is 3.30. The first-order chi connectivity index (χ1) is 32.4. The Kier molecular flexibility index (Phi) is 20.0. The van der Waals surface area contributed by atoms with E-state index < -0.39 is 162 Å². The summed E-state index contributed by atoms with van der Waals surface area (Å²) in [5.74, 6) is -15.3. The molecular weight excluding hydrogens is 901 g/mol. The lowest BCUT2D eigenvalue weighted by atomic mass is 10.0. The summed E-state index contributed by atoms with van der Waals surface area (Å²) in [5.41, 5.74) is -1.71. The summed E-state index contributed by atoms with van der Waals surface area (Å²) in [7, 11) is 0. The average molecular weight is 955 g/mol. The summed E-state index contributed by atoms with van der Waals surface area (Å²) in [6.45, 7) is -2.39. The maximum atomic E-state index is 13.7. The topological polar surface area (TPSA) is 363 Å². The number of phenols is 6. The van der Waals surface area contributed by atoms with Crippen molar-refractivity contribution in [1.82, 2.24) is 21.3 Å². The zero-order chi connectivity index (χ0) is 49.9. The third-order valence-corrected chi connectivity index (χ3v) is 10.3. The predicted octanol–water partition coefficient (Wildman–Crippen LogP) is 1.18. The number of aliphatic hydroxyl groups is 1. The van der Waals surface area contributed by atoms with E-state index in [1.54, 1.807) is 0 Å². The molecule has 0 spiro atoms. The molecule has 0 saturated carbocycles. The number of aliphatic hydroxyl groups excluding tert-OH is 1. The third-order valence-electron chi connectivity index (χ3n) is 10.3. The Morgan fingerprint density at radius 3 is 1.15 bits per heavy atom. The molecule has 1 aliphatic rings. The number of amides is 4. The van der Waals surface area contributed by atoms with Gasteiger partial charge in [-0.05, 0) is 42.8 Å². The maximum absolute atomic E-state index is 13.7. The van der Waals surface area contributed by atoms with Gasteiger partial charge in [0.05, 0.1) is 29.2 Å². The highest BCUT2D eigenvalue weighted by atomic mass is 16.6. The molecule has 23 nitrogen and oxygen atoms in total. The van der Waals surface area contributed by atoms with E-state index in [2.05, 4.69) is 28.2 Å². The van der Waals surface area contributed by atoms with Crippen LogP contribution in [0.15, 0.2) is 54.6 Å². The number of esters is 4. The normalized spacial score (nSPS) is 18.7. The number of benzene rings is 3. The molecule has 0 radical (unpaired) electrons. The van der Waals surface area contributed by atoms with Crippen molar-refractivity contribution in [1.29, 1.82) is 0 Å². The second-order valence-electron chi connectivity index (χ2n) is 15.5. The lowest BCUT2D eigenvalue weighted by Crippen LogP contribution is -2.53. The molecule has 1 fully saturated rings. The number of nitrogens with one attached hydrogen (secondary N) is 4. The van der Waals surface area contributed by atoms with E-state index in [4.69, 9.17) is 18.9 Å². The molecule has 3 aromatic carbocycles. The Morgan fingerprint density at radius 2 is 0.809 bits per heavy atom. The third kappa shape index (κ3) is 15.4. The van der Waals surface area contributed by atoms with Gasteiger partial charge in [-0.1, -0.05) is 70.1 Å². The number of cyclic esters (lactones) is 4. The van der Waals surface area contributed by atoms with E-state index in [0.717, 1.165) is 74.9 Å². The Morgan fingerprint density at radius 1 is 0.500 bits per heavy atom. The van der Waals surface area contributed by atoms with E-state index in [1.165, 1.54) is 18.2 Å². The second kappa shape index (κ2) is 25.8. The van der Waals surface area contributed by atoms with Gasteiger partial charge in [0.25, 0.3) is 17.7 Å². The van der Waals surface area contributed by atoms with Crippen molar-refractivity contribution in [3.05, 3.63) is 71.3 Å². The minimum absolute atomic E-state index is 0.237. The number of hydrogen-bond donors (Lipinski definition) is 11. The highest BCUT2D eigenvalue weighted by Crippen LogP contribution is 2.30. The number of ether oxygens (including phenoxy) is 4. The molecule has 368 valence electrons. The maximum Gasteiger partial charge on any atom is 0.332 e. The first-order valence-electron chi connectivity index (χ1n) is 21.5. The zero-order valence-corrected chi connectivity index (χ0v) is 36.8. The van der Waals surface area contributed by atoms with Gasteiger partial charge in [-0.3, -0.25) is 19.2 Å². The number of aromatic hydroxyl groups is 6. The number of para-hydroxylation sites is 3. The van der Waals surface area contributed by atoms with Gasteiger partial charge in [-0.2, -0.15) is 0 Å². The highest BCUT2D eigenvalue weighted by Gasteiger charge is 2.35. The molecule has 0 aromatic heterocycles. The number of carbonyl (C=O) groups is 8. The van der Waals surface area contributed by atoms with Crippen LogP contribution in [0.25, 0.3) is 0 Å². The Labute approximate surface area is 388 Å². The van der Waals surface area contributed by atoms with E-state index in [1.807, 2.05) is 0 Å². The molecule has 1 heterocycles. The van der Waals surface area contributed by atoms with Gasteiger partial charge >= 0.3 is 23.9 Å². The smallest absolute Gasteiger partial charge is 0.332 e. The summed E-state index contributed by atoms with van der Waals surface area (Å²) >= 11 is 0. The number of rotatable bonds is 17. The Bertz CT molecular complexity index is 2240.